The molecule has 5 N–H and O–H groups in total. The Labute approximate surface area is 267 Å². The number of anilines is 2. The summed E-state index contributed by atoms with van der Waals surface area (Å²) >= 11 is 0. The Morgan fingerprint density at radius 3 is 2.54 bits per heavy atom. The van der Waals surface area contributed by atoms with Crippen LogP contribution in [0.5, 0.6) is 0 Å². The Morgan fingerprint density at radius 2 is 1.87 bits per heavy atom. The number of amides is 1. The Bertz CT molecular complexity index is 1700. The molecule has 238 valence electrons. The second-order valence-electron chi connectivity index (χ2n) is 10.5. The van der Waals surface area contributed by atoms with E-state index in [9.17, 15) is 14.7 Å². The average Bonchev–Trinajstić information content (AvgIpc) is 3.52. The zero-order chi connectivity index (χ0) is 33.1. The number of hydrazone groups is 1. The smallest absolute Gasteiger partial charge is 0.260 e. The number of nitrogen functional groups attached to an aromatic ring is 1. The van der Waals surface area contributed by atoms with E-state index in [1.807, 2.05) is 41.3 Å². The number of pyridine rings is 1. The summed E-state index contributed by atoms with van der Waals surface area (Å²) in [5.74, 6) is 0.238. The number of nitrogens with zero attached hydrogens (tertiary/aromatic N) is 7. The number of aromatic nitrogens is 3. The van der Waals surface area contributed by atoms with Crippen molar-refractivity contribution in [3.8, 4) is 22.3 Å². The van der Waals surface area contributed by atoms with Crippen molar-refractivity contribution in [1.82, 2.24) is 24.7 Å². The fourth-order valence-electron chi connectivity index (χ4n) is 4.55. The zero-order valence-corrected chi connectivity index (χ0v) is 25.7. The van der Waals surface area contributed by atoms with Gasteiger partial charge in [-0.1, -0.05) is 42.5 Å². The number of hydrogen-bond acceptors (Lipinski definition) is 10. The fraction of sp³-hybridized carbons (Fsp3) is 0.212. The van der Waals surface area contributed by atoms with Crippen LogP contribution >= 0.6 is 0 Å². The Hall–Kier alpha value is -5.66. The number of amidine groups is 1. The summed E-state index contributed by atoms with van der Waals surface area (Å²) < 4.78 is 1.54. The van der Waals surface area contributed by atoms with Crippen LogP contribution in [0.15, 0.2) is 101 Å². The van der Waals surface area contributed by atoms with Crippen molar-refractivity contribution in [2.24, 2.45) is 10.1 Å². The summed E-state index contributed by atoms with van der Waals surface area (Å²) in [5, 5.41) is 31.8. The summed E-state index contributed by atoms with van der Waals surface area (Å²) in [4.78, 5) is 35.2. The number of nitrogens with two attached hydrogens (primary N) is 1. The monoisotopic (exact) mass is 623 g/mol. The van der Waals surface area contributed by atoms with Crippen molar-refractivity contribution in [1.29, 1.82) is 0 Å². The van der Waals surface area contributed by atoms with Crippen LogP contribution in [0, 0.1) is 0 Å². The summed E-state index contributed by atoms with van der Waals surface area (Å²) in [6.45, 7) is 5.71. The number of rotatable bonds is 14. The number of carbonyl (C=O) groups is 2. The second-order valence-corrected chi connectivity index (χ2v) is 10.5. The van der Waals surface area contributed by atoms with Crippen molar-refractivity contribution in [2.75, 3.05) is 31.4 Å². The molecule has 13 nitrogen and oxygen atoms in total. The van der Waals surface area contributed by atoms with E-state index in [4.69, 9.17) is 10.8 Å². The molecule has 1 atom stereocenters. The molecule has 0 spiro atoms. The molecule has 4 rings (SSSR count). The van der Waals surface area contributed by atoms with Crippen molar-refractivity contribution in [3.63, 3.8) is 0 Å². The topological polar surface area (TPSA) is 175 Å². The van der Waals surface area contributed by atoms with E-state index in [1.54, 1.807) is 66.5 Å². The van der Waals surface area contributed by atoms with E-state index >= 15 is 0 Å². The molecular weight excluding hydrogens is 586 g/mol. The predicted molar refractivity (Wildman–Crippen MR) is 178 cm³/mol. The third-order valence-corrected chi connectivity index (χ3v) is 6.82. The van der Waals surface area contributed by atoms with E-state index in [-0.39, 0.29) is 25.4 Å². The molecule has 46 heavy (non-hydrogen) atoms. The summed E-state index contributed by atoms with van der Waals surface area (Å²) in [6.07, 6.45) is 6.14. The molecule has 2 aromatic heterocycles. The number of aliphatic hydroxyl groups is 2. The molecule has 4 aromatic rings. The maximum Gasteiger partial charge on any atom is 0.260 e. The van der Waals surface area contributed by atoms with Gasteiger partial charge in [0.1, 0.15) is 18.3 Å². The number of aliphatic imine (C=N–C) groups is 1. The summed E-state index contributed by atoms with van der Waals surface area (Å²) in [7, 11) is 1.76. The molecule has 0 aliphatic carbocycles. The average molecular weight is 624 g/mol. The number of carbonyl (C=O) groups excluding carboxylic acids is 2. The normalized spacial score (nSPS) is 12.3. The van der Waals surface area contributed by atoms with Gasteiger partial charge in [0.2, 0.25) is 0 Å². The minimum absolute atomic E-state index is 0.0656. The van der Waals surface area contributed by atoms with Crippen LogP contribution in [-0.2, 0) is 22.7 Å². The molecule has 0 bridgehead atoms. The van der Waals surface area contributed by atoms with E-state index in [0.29, 0.717) is 35.7 Å². The summed E-state index contributed by atoms with van der Waals surface area (Å²) in [5.41, 5.74) is 10.6. The molecule has 1 unspecified atom stereocenters. The highest BCUT2D eigenvalue weighted by Crippen LogP contribution is 2.30. The van der Waals surface area contributed by atoms with Gasteiger partial charge in [-0.2, -0.15) is 10.2 Å². The highest BCUT2D eigenvalue weighted by atomic mass is 16.3. The Morgan fingerprint density at radius 1 is 1.13 bits per heavy atom. The predicted octanol–water partition coefficient (Wildman–Crippen LogP) is 2.99. The van der Waals surface area contributed by atoms with Gasteiger partial charge in [-0.3, -0.25) is 19.3 Å². The first-order valence-corrected chi connectivity index (χ1v) is 14.4. The van der Waals surface area contributed by atoms with Crippen LogP contribution in [0.25, 0.3) is 22.3 Å². The molecule has 2 heterocycles. The first-order chi connectivity index (χ1) is 22.2. The largest absolute Gasteiger partial charge is 0.394 e. The van der Waals surface area contributed by atoms with E-state index in [1.165, 1.54) is 6.20 Å². The van der Waals surface area contributed by atoms with Gasteiger partial charge in [-0.05, 0) is 43.0 Å². The molecule has 0 aliphatic rings. The van der Waals surface area contributed by atoms with Gasteiger partial charge in [0, 0.05) is 54.6 Å². The van der Waals surface area contributed by atoms with Crippen LogP contribution in [0.3, 0.4) is 0 Å². The van der Waals surface area contributed by atoms with Crippen LogP contribution in [0.1, 0.15) is 12.5 Å². The van der Waals surface area contributed by atoms with Crippen LogP contribution in [-0.4, -0.2) is 86.1 Å². The van der Waals surface area contributed by atoms with Gasteiger partial charge < -0.3 is 26.2 Å². The molecule has 0 saturated carbocycles. The molecular formula is C33H37N9O4. The number of hydrogen-bond donors (Lipinski definition) is 4. The number of aliphatic hydroxyl groups excluding tert-OH is 2. The number of aldehydes is 1. The van der Waals surface area contributed by atoms with Gasteiger partial charge in [0.25, 0.3) is 5.91 Å². The van der Waals surface area contributed by atoms with Crippen LogP contribution in [0.4, 0.5) is 11.5 Å². The summed E-state index contributed by atoms with van der Waals surface area (Å²) in [6, 6.07) is 18.6. The third kappa shape index (κ3) is 9.17. The van der Waals surface area contributed by atoms with E-state index in [2.05, 4.69) is 32.2 Å². The van der Waals surface area contributed by atoms with Crippen LogP contribution in [0.2, 0.25) is 0 Å². The SMILES string of the molecule is C=N/C(C)=N\N(C)CN(/C=C(\C=O)C(=O)Nc1ccc(-c2cc(-c3cnn(CC(O)CO)c3)cnc2N)cc1)Cc1ccccc1. The van der Waals surface area contributed by atoms with Gasteiger partial charge in [0.05, 0.1) is 31.0 Å². The molecule has 13 heteroatoms. The first kappa shape index (κ1) is 33.2. The van der Waals surface area contributed by atoms with Gasteiger partial charge >= 0.3 is 0 Å². The lowest BCUT2D eigenvalue weighted by Crippen LogP contribution is -2.31. The van der Waals surface area contributed by atoms with E-state index < -0.39 is 12.0 Å². The second kappa shape index (κ2) is 15.9. The van der Waals surface area contributed by atoms with E-state index in [0.717, 1.165) is 22.3 Å². The maximum atomic E-state index is 13.2. The van der Waals surface area contributed by atoms with Crippen molar-refractivity contribution in [3.05, 3.63) is 96.6 Å². The number of benzene rings is 2. The third-order valence-electron chi connectivity index (χ3n) is 6.82. The van der Waals surface area contributed by atoms with Gasteiger partial charge in [0.15, 0.2) is 6.29 Å². The molecule has 0 fully saturated rings. The number of nitrogens with one attached hydrogen (secondary N) is 1. The zero-order valence-electron chi connectivity index (χ0n) is 25.7. The Balaban J connectivity index is 1.50. The van der Waals surface area contributed by atoms with Gasteiger partial charge in [-0.15, -0.1) is 0 Å². The van der Waals surface area contributed by atoms with Crippen molar-refractivity contribution in [2.45, 2.75) is 26.1 Å². The first-order valence-electron chi connectivity index (χ1n) is 14.4. The highest BCUT2D eigenvalue weighted by Gasteiger charge is 2.15. The standard InChI is InChI=1S/C33H37N9O4/c1-23(35-2)39-40(3)22-41(16-24-7-5-4-6-8-24)17-28(20-43)33(46)38-29-11-9-25(10-12-29)31-13-26(14-36-32(31)34)27-15-37-42(18-27)19-30(45)21-44/h4-15,17-18,20,30,44-45H,2,16,19,21-22H2,1,3H3,(H2,34,36)(H,38,46)/b28-17+,39-23-. The van der Waals surface area contributed by atoms with Crippen LogP contribution < -0.4 is 11.1 Å². The maximum absolute atomic E-state index is 13.2. The molecule has 2 aromatic carbocycles. The van der Waals surface area contributed by atoms with Crippen molar-refractivity contribution >= 4 is 36.3 Å². The molecule has 1 amide bonds. The fourth-order valence-corrected chi connectivity index (χ4v) is 4.55. The lowest BCUT2D eigenvalue weighted by atomic mass is 10.0. The van der Waals surface area contributed by atoms with Crippen molar-refractivity contribution < 1.29 is 19.8 Å². The Kier molecular flexibility index (Phi) is 11.5. The van der Waals surface area contributed by atoms with Gasteiger partial charge in [-0.25, -0.2) is 9.98 Å². The minimum Gasteiger partial charge on any atom is -0.394 e. The minimum atomic E-state index is -0.913. The molecule has 0 aliphatic heterocycles. The highest BCUT2D eigenvalue weighted by molar-refractivity contribution is 6.16. The lowest BCUT2D eigenvalue weighted by Gasteiger charge is -2.26. The molecule has 0 radical (unpaired) electrons. The quantitative estimate of drug-likeness (QED) is 0.0241. The lowest BCUT2D eigenvalue weighted by molar-refractivity contribution is -0.115. The molecule has 0 saturated heterocycles.